The number of benzene rings is 1. The van der Waals surface area contributed by atoms with Gasteiger partial charge in [0.15, 0.2) is 0 Å². The molecule has 0 aliphatic heterocycles. The van der Waals surface area contributed by atoms with Gasteiger partial charge in [-0.25, -0.2) is 0 Å². The first kappa shape index (κ1) is 13.3. The third-order valence-corrected chi connectivity index (χ3v) is 3.08. The predicted octanol–water partition coefficient (Wildman–Crippen LogP) is 1.40. The second-order valence-corrected chi connectivity index (χ2v) is 4.53. The van der Waals surface area contributed by atoms with Crippen LogP contribution in [0.1, 0.15) is 0 Å². The summed E-state index contributed by atoms with van der Waals surface area (Å²) in [5, 5.41) is 20.0. The second kappa shape index (κ2) is 4.24. The van der Waals surface area contributed by atoms with Crippen molar-refractivity contribution in [3.05, 3.63) is 37.4 Å². The summed E-state index contributed by atoms with van der Waals surface area (Å²) in [6, 6.07) is 0.932. The number of hydrogen-bond donors (Lipinski definition) is 1. The summed E-state index contributed by atoms with van der Waals surface area (Å²) in [7, 11) is -4.89. The van der Waals surface area contributed by atoms with Crippen LogP contribution in [0.4, 0.5) is 11.4 Å². The number of hydrogen-bond acceptors (Lipinski definition) is 6. The average molecular weight is 283 g/mol. The summed E-state index contributed by atoms with van der Waals surface area (Å²) in [6.07, 6.45) is 0. The first-order valence-electron chi connectivity index (χ1n) is 3.74. The van der Waals surface area contributed by atoms with E-state index in [2.05, 4.69) is 0 Å². The van der Waals surface area contributed by atoms with E-state index in [1.165, 1.54) is 0 Å². The molecule has 0 radical (unpaired) electrons. The van der Waals surface area contributed by atoms with Gasteiger partial charge in [-0.05, 0) is 0 Å². The maximum Gasteiger partial charge on any atom is 0.296 e. The van der Waals surface area contributed by atoms with E-state index in [0.29, 0.717) is 12.1 Å². The van der Waals surface area contributed by atoms with Gasteiger partial charge in [0.2, 0.25) is 0 Å². The highest BCUT2D eigenvalue weighted by molar-refractivity contribution is 7.86. The minimum Gasteiger partial charge on any atom is -0.282 e. The topological polar surface area (TPSA) is 141 Å². The van der Waals surface area contributed by atoms with E-state index in [9.17, 15) is 28.6 Å². The zero-order valence-corrected chi connectivity index (χ0v) is 9.30. The summed E-state index contributed by atoms with van der Waals surface area (Å²) < 4.78 is 30.4. The Hall–Kier alpha value is -1.78. The summed E-state index contributed by atoms with van der Waals surface area (Å²) in [5.41, 5.74) is -1.85. The van der Waals surface area contributed by atoms with E-state index in [1.807, 2.05) is 0 Å². The Balaban J connectivity index is 3.73. The SMILES string of the molecule is O=[N+]([O-])c1cc([N+](=O)[O-])c(Cl)c(S(=O)(=O)O)c1. The lowest BCUT2D eigenvalue weighted by Gasteiger charge is -2.01. The van der Waals surface area contributed by atoms with E-state index in [4.69, 9.17) is 16.2 Å². The second-order valence-electron chi connectivity index (χ2n) is 2.77. The van der Waals surface area contributed by atoms with E-state index >= 15 is 0 Å². The van der Waals surface area contributed by atoms with Crippen LogP contribution in [0.2, 0.25) is 5.02 Å². The smallest absolute Gasteiger partial charge is 0.282 e. The number of rotatable bonds is 3. The molecule has 0 atom stereocenters. The molecule has 0 saturated carbocycles. The predicted molar refractivity (Wildman–Crippen MR) is 54.6 cm³/mol. The lowest BCUT2D eigenvalue weighted by atomic mass is 10.3. The summed E-state index contributed by atoms with van der Waals surface area (Å²) in [6.45, 7) is 0. The normalized spacial score (nSPS) is 11.2. The van der Waals surface area contributed by atoms with Gasteiger partial charge in [0.25, 0.3) is 21.5 Å². The average Bonchev–Trinajstić information content (AvgIpc) is 2.15. The Bertz CT molecular complexity index is 611. The number of nitro benzene ring substituents is 2. The molecule has 0 heterocycles. The zero-order chi connectivity index (χ0) is 13.4. The molecule has 0 amide bonds. The zero-order valence-electron chi connectivity index (χ0n) is 7.73. The molecule has 0 unspecified atom stereocenters. The molecule has 1 aromatic rings. The van der Waals surface area contributed by atoms with Crippen molar-refractivity contribution in [3.63, 3.8) is 0 Å². The van der Waals surface area contributed by atoms with E-state index in [0.717, 1.165) is 0 Å². The van der Waals surface area contributed by atoms with Crippen molar-refractivity contribution >= 4 is 33.1 Å². The van der Waals surface area contributed by atoms with Gasteiger partial charge in [-0.1, -0.05) is 11.6 Å². The molecular weight excluding hydrogens is 280 g/mol. The quantitative estimate of drug-likeness (QED) is 0.501. The Morgan fingerprint density at radius 2 is 1.71 bits per heavy atom. The van der Waals surface area contributed by atoms with Crippen LogP contribution in [0.25, 0.3) is 0 Å². The van der Waals surface area contributed by atoms with Crippen LogP contribution in [-0.4, -0.2) is 22.8 Å². The molecule has 1 aromatic carbocycles. The minimum absolute atomic E-state index is 0.435. The molecule has 1 N–H and O–H groups in total. The molecule has 0 fully saturated rings. The van der Waals surface area contributed by atoms with Crippen LogP contribution in [-0.2, 0) is 10.1 Å². The minimum atomic E-state index is -4.89. The Morgan fingerprint density at radius 3 is 2.06 bits per heavy atom. The van der Waals surface area contributed by atoms with Crippen LogP contribution in [0, 0.1) is 20.2 Å². The third-order valence-electron chi connectivity index (χ3n) is 1.69. The Labute approximate surface area is 98.7 Å². The molecule has 17 heavy (non-hydrogen) atoms. The highest BCUT2D eigenvalue weighted by atomic mass is 35.5. The number of halogens is 1. The highest BCUT2D eigenvalue weighted by Crippen LogP contribution is 2.35. The van der Waals surface area contributed by atoms with Crippen LogP contribution < -0.4 is 0 Å². The van der Waals surface area contributed by atoms with Crippen molar-refractivity contribution in [2.45, 2.75) is 4.90 Å². The fourth-order valence-corrected chi connectivity index (χ4v) is 2.07. The van der Waals surface area contributed by atoms with Gasteiger partial charge in [-0.3, -0.25) is 24.8 Å². The monoisotopic (exact) mass is 282 g/mol. The van der Waals surface area contributed by atoms with E-state index < -0.39 is 41.3 Å². The lowest BCUT2D eigenvalue weighted by Crippen LogP contribution is -2.03. The number of nitro groups is 2. The van der Waals surface area contributed by atoms with Gasteiger partial charge in [0.05, 0.1) is 15.9 Å². The first-order chi connectivity index (χ1) is 7.64. The fraction of sp³-hybridized carbons (Fsp3) is 0. The van der Waals surface area contributed by atoms with E-state index in [-0.39, 0.29) is 0 Å². The maximum absolute atomic E-state index is 10.8. The molecule has 11 heteroatoms. The fourth-order valence-electron chi connectivity index (χ4n) is 0.995. The molecule has 0 aliphatic carbocycles. The van der Waals surface area contributed by atoms with Crippen molar-refractivity contribution in [2.24, 2.45) is 0 Å². The van der Waals surface area contributed by atoms with Crippen LogP contribution >= 0.6 is 11.6 Å². The van der Waals surface area contributed by atoms with Gasteiger partial charge in [0, 0.05) is 6.07 Å². The van der Waals surface area contributed by atoms with Crippen LogP contribution in [0.15, 0.2) is 17.0 Å². The van der Waals surface area contributed by atoms with Crippen LogP contribution in [0.3, 0.4) is 0 Å². The van der Waals surface area contributed by atoms with E-state index in [1.54, 1.807) is 0 Å². The molecule has 0 saturated heterocycles. The molecule has 0 bridgehead atoms. The molecule has 0 spiro atoms. The maximum atomic E-state index is 10.8. The van der Waals surface area contributed by atoms with Crippen molar-refractivity contribution in [2.75, 3.05) is 0 Å². The van der Waals surface area contributed by atoms with Crippen LogP contribution in [0.5, 0.6) is 0 Å². The van der Waals surface area contributed by atoms with Gasteiger partial charge in [-0.15, -0.1) is 0 Å². The van der Waals surface area contributed by atoms with Gasteiger partial charge in [0.1, 0.15) is 9.92 Å². The molecule has 0 aromatic heterocycles. The lowest BCUT2D eigenvalue weighted by molar-refractivity contribution is -0.394. The summed E-state index contributed by atoms with van der Waals surface area (Å²) in [4.78, 5) is 17.7. The Morgan fingerprint density at radius 1 is 1.18 bits per heavy atom. The van der Waals surface area contributed by atoms with Crippen molar-refractivity contribution in [1.29, 1.82) is 0 Å². The third kappa shape index (κ3) is 2.67. The molecule has 9 nitrogen and oxygen atoms in total. The molecular formula is C6H3ClN2O7S. The Kier molecular flexibility index (Phi) is 3.31. The molecule has 0 aliphatic rings. The van der Waals surface area contributed by atoms with Gasteiger partial charge < -0.3 is 0 Å². The van der Waals surface area contributed by atoms with Gasteiger partial charge in [-0.2, -0.15) is 8.42 Å². The summed E-state index contributed by atoms with van der Waals surface area (Å²) in [5.74, 6) is 0. The number of nitrogens with zero attached hydrogens (tertiary/aromatic N) is 2. The number of non-ortho nitro benzene ring substituents is 1. The van der Waals surface area contributed by atoms with Crippen molar-refractivity contribution in [1.82, 2.24) is 0 Å². The highest BCUT2D eigenvalue weighted by Gasteiger charge is 2.28. The first-order valence-corrected chi connectivity index (χ1v) is 5.56. The largest absolute Gasteiger partial charge is 0.296 e. The van der Waals surface area contributed by atoms with Crippen molar-refractivity contribution < 1.29 is 22.8 Å². The van der Waals surface area contributed by atoms with Gasteiger partial charge >= 0.3 is 0 Å². The standard InChI is InChI=1S/C6H3ClN2O7S/c7-6-4(9(12)13)1-3(8(10)11)2-5(6)17(14,15)16/h1-2H,(H,14,15,16). The van der Waals surface area contributed by atoms with Crippen molar-refractivity contribution in [3.8, 4) is 0 Å². The molecule has 92 valence electrons. The molecule has 1 rings (SSSR count). The summed E-state index contributed by atoms with van der Waals surface area (Å²) >= 11 is 5.36.